The molecule has 2 N–H and O–H groups in total. The van der Waals surface area contributed by atoms with E-state index in [4.69, 9.17) is 11.6 Å². The summed E-state index contributed by atoms with van der Waals surface area (Å²) in [6.45, 7) is 0. The predicted octanol–water partition coefficient (Wildman–Crippen LogP) is 4.31. The molecule has 0 bridgehead atoms. The average Bonchev–Trinajstić information content (AvgIpc) is 3.02. The lowest BCUT2D eigenvalue weighted by Crippen LogP contribution is -2.28. The second kappa shape index (κ2) is 9.31. The largest absolute Gasteiger partial charge is 0.418 e. The van der Waals surface area contributed by atoms with Gasteiger partial charge in [0, 0.05) is 11.4 Å². The zero-order valence-corrected chi connectivity index (χ0v) is 16.7. The molecular weight excluding hydrogens is 441 g/mol. The SMILES string of the molecule is O=C(CC1S/C(=N/N=C/c2ccc(Cl)cc2)NC1=O)Nc1ccccc1C(F)(F)F. The molecule has 6 nitrogen and oxygen atoms in total. The minimum Gasteiger partial charge on any atom is -0.325 e. The van der Waals surface area contributed by atoms with Gasteiger partial charge in [0.05, 0.1) is 17.5 Å². The van der Waals surface area contributed by atoms with Crippen LogP contribution in [0, 0.1) is 0 Å². The Morgan fingerprint density at radius 1 is 1.20 bits per heavy atom. The monoisotopic (exact) mass is 454 g/mol. The van der Waals surface area contributed by atoms with Crippen molar-refractivity contribution in [3.63, 3.8) is 0 Å². The molecule has 30 heavy (non-hydrogen) atoms. The van der Waals surface area contributed by atoms with Crippen molar-refractivity contribution in [3.05, 3.63) is 64.7 Å². The fourth-order valence-electron chi connectivity index (χ4n) is 2.49. The molecule has 2 aromatic rings. The molecule has 1 fully saturated rings. The number of amidine groups is 1. The van der Waals surface area contributed by atoms with Crippen LogP contribution in [0.15, 0.2) is 58.7 Å². The van der Waals surface area contributed by atoms with Crippen LogP contribution in [0.5, 0.6) is 0 Å². The van der Waals surface area contributed by atoms with Gasteiger partial charge in [0.25, 0.3) is 0 Å². The van der Waals surface area contributed by atoms with Crippen molar-refractivity contribution < 1.29 is 22.8 Å². The number of anilines is 1. The van der Waals surface area contributed by atoms with Crippen molar-refractivity contribution in [1.29, 1.82) is 0 Å². The summed E-state index contributed by atoms with van der Waals surface area (Å²) in [5, 5.41) is 12.4. The Hall–Kier alpha value is -2.85. The highest BCUT2D eigenvalue weighted by atomic mass is 35.5. The van der Waals surface area contributed by atoms with Gasteiger partial charge in [-0.15, -0.1) is 5.10 Å². The first kappa shape index (κ1) is 21.8. The first-order chi connectivity index (χ1) is 14.2. The zero-order valence-electron chi connectivity index (χ0n) is 15.1. The summed E-state index contributed by atoms with van der Waals surface area (Å²) in [7, 11) is 0. The van der Waals surface area contributed by atoms with E-state index < -0.39 is 28.8 Å². The molecule has 1 aliphatic heterocycles. The van der Waals surface area contributed by atoms with Gasteiger partial charge < -0.3 is 10.6 Å². The highest BCUT2D eigenvalue weighted by Crippen LogP contribution is 2.34. The maximum Gasteiger partial charge on any atom is 0.418 e. The molecule has 11 heteroatoms. The standard InChI is InChI=1S/C19H14ClF3N4O2S/c20-12-7-5-11(6-8-12)10-24-27-18-26-17(29)15(30-18)9-16(28)25-14-4-2-1-3-13(14)19(21,22)23/h1-8,10,15H,9H2,(H,25,28)(H,26,27,29)/b24-10+. The second-order valence-corrected chi connectivity index (χ2v) is 7.72. The summed E-state index contributed by atoms with van der Waals surface area (Å²) in [5.74, 6) is -1.19. The van der Waals surface area contributed by atoms with E-state index in [1.165, 1.54) is 18.3 Å². The van der Waals surface area contributed by atoms with Crippen LogP contribution in [0.4, 0.5) is 18.9 Å². The fraction of sp³-hybridized carbons (Fsp3) is 0.158. The molecule has 2 aromatic carbocycles. The maximum atomic E-state index is 13.0. The third kappa shape index (κ3) is 5.83. The zero-order chi connectivity index (χ0) is 21.7. The Balaban J connectivity index is 1.59. The summed E-state index contributed by atoms with van der Waals surface area (Å²) < 4.78 is 39.1. The van der Waals surface area contributed by atoms with Crippen molar-refractivity contribution >= 4 is 52.2 Å². The predicted molar refractivity (Wildman–Crippen MR) is 111 cm³/mol. The van der Waals surface area contributed by atoms with E-state index >= 15 is 0 Å². The first-order valence-corrected chi connectivity index (χ1v) is 9.78. The number of halogens is 4. The van der Waals surface area contributed by atoms with Crippen molar-refractivity contribution in [2.24, 2.45) is 10.2 Å². The maximum absolute atomic E-state index is 13.0. The third-order valence-electron chi connectivity index (χ3n) is 3.88. The van der Waals surface area contributed by atoms with Crippen LogP contribution < -0.4 is 10.6 Å². The molecule has 0 saturated carbocycles. The molecule has 1 heterocycles. The van der Waals surface area contributed by atoms with Gasteiger partial charge >= 0.3 is 6.18 Å². The average molecular weight is 455 g/mol. The van der Waals surface area contributed by atoms with E-state index in [2.05, 4.69) is 20.8 Å². The fourth-order valence-corrected chi connectivity index (χ4v) is 3.54. The molecule has 0 spiro atoms. The van der Waals surface area contributed by atoms with E-state index in [9.17, 15) is 22.8 Å². The minimum absolute atomic E-state index is 0.193. The van der Waals surface area contributed by atoms with Crippen molar-refractivity contribution in [2.45, 2.75) is 17.8 Å². The van der Waals surface area contributed by atoms with Gasteiger partial charge in [-0.05, 0) is 29.8 Å². The van der Waals surface area contributed by atoms with Crippen LogP contribution in [-0.2, 0) is 15.8 Å². The van der Waals surface area contributed by atoms with Crippen molar-refractivity contribution in [3.8, 4) is 0 Å². The molecule has 0 aliphatic carbocycles. The minimum atomic E-state index is -4.61. The normalized spacial score (nSPS) is 18.1. The Morgan fingerprint density at radius 2 is 1.90 bits per heavy atom. The molecule has 1 saturated heterocycles. The lowest BCUT2D eigenvalue weighted by molar-refractivity contribution is -0.137. The quantitative estimate of drug-likeness (QED) is 0.521. The number of nitrogens with one attached hydrogen (secondary N) is 2. The summed E-state index contributed by atoms with van der Waals surface area (Å²) in [4.78, 5) is 24.2. The topological polar surface area (TPSA) is 82.9 Å². The number of carbonyl (C=O) groups is 2. The number of benzene rings is 2. The van der Waals surface area contributed by atoms with Gasteiger partial charge in [-0.2, -0.15) is 18.3 Å². The number of hydrogen-bond donors (Lipinski definition) is 2. The lowest BCUT2D eigenvalue weighted by atomic mass is 10.1. The van der Waals surface area contributed by atoms with Gasteiger partial charge in [0.15, 0.2) is 5.17 Å². The van der Waals surface area contributed by atoms with Crippen LogP contribution in [0.1, 0.15) is 17.5 Å². The van der Waals surface area contributed by atoms with Gasteiger partial charge in [0.2, 0.25) is 11.8 Å². The van der Waals surface area contributed by atoms with Crippen LogP contribution in [0.25, 0.3) is 0 Å². The van der Waals surface area contributed by atoms with Gasteiger partial charge in [0.1, 0.15) is 5.25 Å². The van der Waals surface area contributed by atoms with E-state index in [1.54, 1.807) is 24.3 Å². The number of nitrogens with zero attached hydrogens (tertiary/aromatic N) is 2. The summed E-state index contributed by atoms with van der Waals surface area (Å²) in [5.41, 5.74) is -0.571. The molecular formula is C19H14ClF3N4O2S. The number of hydrogen-bond acceptors (Lipinski definition) is 5. The Morgan fingerprint density at radius 3 is 2.60 bits per heavy atom. The van der Waals surface area contributed by atoms with Gasteiger partial charge in [-0.3, -0.25) is 9.59 Å². The molecule has 1 aliphatic rings. The summed E-state index contributed by atoms with van der Waals surface area (Å²) >= 11 is 6.77. The van der Waals surface area contributed by atoms with E-state index in [-0.39, 0.29) is 17.3 Å². The van der Waals surface area contributed by atoms with Crippen molar-refractivity contribution in [1.82, 2.24) is 5.32 Å². The number of carbonyl (C=O) groups excluding carboxylic acids is 2. The molecule has 3 rings (SSSR count). The Kier molecular flexibility index (Phi) is 6.78. The number of rotatable bonds is 5. The molecule has 1 atom stereocenters. The van der Waals surface area contributed by atoms with Crippen LogP contribution in [0.3, 0.4) is 0 Å². The van der Waals surface area contributed by atoms with E-state index in [1.807, 2.05) is 0 Å². The number of thioether (sulfide) groups is 1. The van der Waals surface area contributed by atoms with Gasteiger partial charge in [-0.1, -0.05) is 47.6 Å². The van der Waals surface area contributed by atoms with Crippen molar-refractivity contribution in [2.75, 3.05) is 5.32 Å². The van der Waals surface area contributed by atoms with Gasteiger partial charge in [-0.25, -0.2) is 0 Å². The number of para-hydroxylation sites is 1. The summed E-state index contributed by atoms with van der Waals surface area (Å²) in [6.07, 6.45) is -3.46. The third-order valence-corrected chi connectivity index (χ3v) is 5.20. The highest BCUT2D eigenvalue weighted by Gasteiger charge is 2.35. The van der Waals surface area contributed by atoms with Crippen LogP contribution in [-0.4, -0.2) is 28.4 Å². The lowest BCUT2D eigenvalue weighted by Gasteiger charge is -2.14. The van der Waals surface area contributed by atoms with Crippen LogP contribution >= 0.6 is 23.4 Å². The highest BCUT2D eigenvalue weighted by molar-refractivity contribution is 8.15. The van der Waals surface area contributed by atoms with Crippen LogP contribution in [0.2, 0.25) is 5.02 Å². The molecule has 2 amide bonds. The Bertz CT molecular complexity index is 1010. The molecule has 1 unspecified atom stereocenters. The summed E-state index contributed by atoms with van der Waals surface area (Å²) in [6, 6.07) is 11.5. The first-order valence-electron chi connectivity index (χ1n) is 8.52. The second-order valence-electron chi connectivity index (χ2n) is 6.09. The number of amides is 2. The smallest absolute Gasteiger partial charge is 0.325 e. The Labute approximate surface area is 178 Å². The van der Waals surface area contributed by atoms with E-state index in [0.29, 0.717) is 5.02 Å². The molecule has 0 aromatic heterocycles. The molecule has 0 radical (unpaired) electrons. The van der Waals surface area contributed by atoms with E-state index in [0.717, 1.165) is 29.5 Å². The number of alkyl halides is 3. The molecule has 156 valence electrons.